The molecule has 0 radical (unpaired) electrons. The van der Waals surface area contributed by atoms with E-state index in [0.717, 1.165) is 0 Å². The van der Waals surface area contributed by atoms with E-state index in [4.69, 9.17) is 0 Å². The van der Waals surface area contributed by atoms with Gasteiger partial charge in [-0.3, -0.25) is 4.79 Å². The SMILES string of the molecule is CC(C)C(O)C(C)(C)CNC(=O)c1c(F)cc(F)cc1F. The maximum atomic E-state index is 13.5. The van der Waals surface area contributed by atoms with Gasteiger partial charge in [0.05, 0.1) is 6.10 Å². The largest absolute Gasteiger partial charge is 0.392 e. The number of hydrogen-bond acceptors (Lipinski definition) is 2. The van der Waals surface area contributed by atoms with Crippen LogP contribution in [0.3, 0.4) is 0 Å². The van der Waals surface area contributed by atoms with Gasteiger partial charge in [-0.1, -0.05) is 27.7 Å². The molecule has 0 saturated carbocycles. The number of carbonyl (C=O) groups is 1. The summed E-state index contributed by atoms with van der Waals surface area (Å²) < 4.78 is 39.8. The van der Waals surface area contributed by atoms with E-state index in [9.17, 15) is 23.1 Å². The van der Waals surface area contributed by atoms with Crippen LogP contribution in [-0.2, 0) is 0 Å². The van der Waals surface area contributed by atoms with Gasteiger partial charge in [-0.05, 0) is 5.92 Å². The molecule has 0 aromatic heterocycles. The summed E-state index contributed by atoms with van der Waals surface area (Å²) >= 11 is 0. The van der Waals surface area contributed by atoms with Gasteiger partial charge >= 0.3 is 0 Å². The molecule has 0 spiro atoms. The van der Waals surface area contributed by atoms with Crippen molar-refractivity contribution in [2.45, 2.75) is 33.8 Å². The third-order valence-corrected chi connectivity index (χ3v) is 3.37. The quantitative estimate of drug-likeness (QED) is 0.879. The topological polar surface area (TPSA) is 49.3 Å². The van der Waals surface area contributed by atoms with E-state index in [2.05, 4.69) is 5.32 Å². The van der Waals surface area contributed by atoms with E-state index in [1.807, 2.05) is 13.8 Å². The molecule has 3 nitrogen and oxygen atoms in total. The number of carbonyl (C=O) groups excluding carboxylic acids is 1. The number of rotatable bonds is 5. The van der Waals surface area contributed by atoms with Gasteiger partial charge in [0.25, 0.3) is 5.91 Å². The zero-order chi connectivity index (χ0) is 16.4. The number of halogens is 3. The molecule has 0 aliphatic rings. The molecule has 0 heterocycles. The Balaban J connectivity index is 2.84. The summed E-state index contributed by atoms with van der Waals surface area (Å²) in [4.78, 5) is 11.8. The van der Waals surface area contributed by atoms with Crippen molar-refractivity contribution in [1.82, 2.24) is 5.32 Å². The van der Waals surface area contributed by atoms with Crippen LogP contribution in [0.1, 0.15) is 38.1 Å². The number of nitrogens with one attached hydrogen (secondary N) is 1. The summed E-state index contributed by atoms with van der Waals surface area (Å²) in [6.07, 6.45) is -0.694. The minimum Gasteiger partial charge on any atom is -0.392 e. The van der Waals surface area contributed by atoms with Crippen molar-refractivity contribution >= 4 is 5.91 Å². The first-order valence-corrected chi connectivity index (χ1v) is 6.67. The predicted molar refractivity (Wildman–Crippen MR) is 73.3 cm³/mol. The predicted octanol–water partition coefficient (Wildman–Crippen LogP) is 2.88. The highest BCUT2D eigenvalue weighted by Gasteiger charge is 2.31. The van der Waals surface area contributed by atoms with E-state index in [1.54, 1.807) is 13.8 Å². The molecule has 1 amide bonds. The van der Waals surface area contributed by atoms with Gasteiger partial charge in [-0.2, -0.15) is 0 Å². The summed E-state index contributed by atoms with van der Waals surface area (Å²) in [6.45, 7) is 7.15. The monoisotopic (exact) mass is 303 g/mol. The van der Waals surface area contributed by atoms with Crippen molar-refractivity contribution < 1.29 is 23.1 Å². The number of aliphatic hydroxyl groups is 1. The van der Waals surface area contributed by atoms with Crippen molar-refractivity contribution in [3.05, 3.63) is 35.1 Å². The Kier molecular flexibility index (Phi) is 5.39. The molecule has 0 bridgehead atoms. The molecule has 0 aliphatic carbocycles. The zero-order valence-electron chi connectivity index (χ0n) is 12.5. The number of amides is 1. The molecular weight excluding hydrogens is 283 g/mol. The fourth-order valence-corrected chi connectivity index (χ4v) is 2.16. The first-order chi connectivity index (χ1) is 9.56. The van der Waals surface area contributed by atoms with Crippen LogP contribution in [0.2, 0.25) is 0 Å². The molecule has 21 heavy (non-hydrogen) atoms. The highest BCUT2D eigenvalue weighted by atomic mass is 19.1. The Morgan fingerprint density at radius 1 is 1.24 bits per heavy atom. The second-order valence-electron chi connectivity index (χ2n) is 6.10. The Morgan fingerprint density at radius 3 is 2.14 bits per heavy atom. The maximum absolute atomic E-state index is 13.5. The third kappa shape index (κ3) is 4.20. The number of hydrogen-bond donors (Lipinski definition) is 2. The van der Waals surface area contributed by atoms with Crippen molar-refractivity contribution in [2.75, 3.05) is 6.54 Å². The second-order valence-corrected chi connectivity index (χ2v) is 6.10. The highest BCUT2D eigenvalue weighted by molar-refractivity contribution is 5.94. The van der Waals surface area contributed by atoms with Gasteiger partial charge in [-0.25, -0.2) is 13.2 Å². The Bertz CT molecular complexity index is 507. The molecule has 1 aromatic rings. The Hall–Kier alpha value is -1.56. The van der Waals surface area contributed by atoms with Crippen LogP contribution in [-0.4, -0.2) is 23.7 Å². The lowest BCUT2D eigenvalue weighted by atomic mass is 9.80. The van der Waals surface area contributed by atoms with E-state index in [1.165, 1.54) is 0 Å². The van der Waals surface area contributed by atoms with E-state index >= 15 is 0 Å². The lowest BCUT2D eigenvalue weighted by Crippen LogP contribution is -2.43. The maximum Gasteiger partial charge on any atom is 0.257 e. The Morgan fingerprint density at radius 2 is 1.71 bits per heavy atom. The normalized spacial score (nSPS) is 13.4. The number of benzene rings is 1. The van der Waals surface area contributed by atoms with Crippen LogP contribution in [0.25, 0.3) is 0 Å². The van der Waals surface area contributed by atoms with Crippen LogP contribution in [0, 0.1) is 28.8 Å². The lowest BCUT2D eigenvalue weighted by Gasteiger charge is -2.33. The molecule has 0 aliphatic heterocycles. The van der Waals surface area contributed by atoms with Gasteiger partial charge in [0.15, 0.2) is 0 Å². The van der Waals surface area contributed by atoms with Gasteiger partial charge in [0.2, 0.25) is 0 Å². The summed E-state index contributed by atoms with van der Waals surface area (Å²) in [5.74, 6) is -4.61. The fraction of sp³-hybridized carbons (Fsp3) is 0.533. The summed E-state index contributed by atoms with van der Waals surface area (Å²) in [7, 11) is 0. The van der Waals surface area contributed by atoms with Crippen molar-refractivity contribution in [1.29, 1.82) is 0 Å². The number of aliphatic hydroxyl groups excluding tert-OH is 1. The standard InChI is InChI=1S/C15H20F3NO2/c1-8(2)13(20)15(3,4)7-19-14(21)12-10(17)5-9(16)6-11(12)18/h5-6,8,13,20H,7H2,1-4H3,(H,19,21). The van der Waals surface area contributed by atoms with E-state index in [0.29, 0.717) is 12.1 Å². The first kappa shape index (κ1) is 17.5. The van der Waals surface area contributed by atoms with Gasteiger partial charge in [0, 0.05) is 24.1 Å². The summed E-state index contributed by atoms with van der Waals surface area (Å²) in [5.41, 5.74) is -1.50. The first-order valence-electron chi connectivity index (χ1n) is 6.67. The summed E-state index contributed by atoms with van der Waals surface area (Å²) in [5, 5.41) is 12.4. The average Bonchev–Trinajstić information content (AvgIpc) is 2.34. The van der Waals surface area contributed by atoms with E-state index < -0.39 is 40.4 Å². The molecule has 0 saturated heterocycles. The molecular formula is C15H20F3NO2. The molecule has 2 N–H and O–H groups in total. The fourth-order valence-electron chi connectivity index (χ4n) is 2.16. The minimum atomic E-state index is -1.26. The van der Waals surface area contributed by atoms with Crippen LogP contribution in [0.15, 0.2) is 12.1 Å². The average molecular weight is 303 g/mol. The van der Waals surface area contributed by atoms with Crippen LogP contribution < -0.4 is 5.32 Å². The second kappa shape index (κ2) is 6.47. The smallest absolute Gasteiger partial charge is 0.257 e. The molecule has 118 valence electrons. The highest BCUT2D eigenvalue weighted by Crippen LogP contribution is 2.25. The third-order valence-electron chi connectivity index (χ3n) is 3.37. The molecule has 1 atom stereocenters. The molecule has 6 heteroatoms. The van der Waals surface area contributed by atoms with Gasteiger partial charge in [0.1, 0.15) is 23.0 Å². The van der Waals surface area contributed by atoms with Crippen LogP contribution in [0.5, 0.6) is 0 Å². The van der Waals surface area contributed by atoms with Gasteiger partial charge < -0.3 is 10.4 Å². The molecule has 1 unspecified atom stereocenters. The van der Waals surface area contributed by atoms with Crippen LogP contribution >= 0.6 is 0 Å². The van der Waals surface area contributed by atoms with Crippen molar-refractivity contribution in [3.8, 4) is 0 Å². The molecule has 1 rings (SSSR count). The molecule has 1 aromatic carbocycles. The zero-order valence-corrected chi connectivity index (χ0v) is 12.5. The van der Waals surface area contributed by atoms with Crippen molar-refractivity contribution in [2.24, 2.45) is 11.3 Å². The van der Waals surface area contributed by atoms with Gasteiger partial charge in [-0.15, -0.1) is 0 Å². The lowest BCUT2D eigenvalue weighted by molar-refractivity contribution is 0.0137. The molecule has 0 fully saturated rings. The Labute approximate surface area is 122 Å². The van der Waals surface area contributed by atoms with E-state index in [-0.39, 0.29) is 12.5 Å². The summed E-state index contributed by atoms with van der Waals surface area (Å²) in [6, 6.07) is 0.901. The van der Waals surface area contributed by atoms with Crippen LogP contribution in [0.4, 0.5) is 13.2 Å². The minimum absolute atomic E-state index is 0.0292. The van der Waals surface area contributed by atoms with Crippen molar-refractivity contribution in [3.63, 3.8) is 0 Å².